The Kier molecular flexibility index (Phi) is 12.2. The second kappa shape index (κ2) is 15.1. The van der Waals surface area contributed by atoms with Gasteiger partial charge in [0, 0.05) is 31.5 Å². The first-order valence-electron chi connectivity index (χ1n) is 12.0. The van der Waals surface area contributed by atoms with E-state index in [0.717, 1.165) is 25.9 Å². The highest BCUT2D eigenvalue weighted by Gasteiger charge is 2.20. The molecule has 2 atom stereocenters. The predicted octanol–water partition coefficient (Wildman–Crippen LogP) is 3.91. The third kappa shape index (κ3) is 11.3. The fourth-order valence-electron chi connectivity index (χ4n) is 3.77. The van der Waals surface area contributed by atoms with Gasteiger partial charge < -0.3 is 25.2 Å². The van der Waals surface area contributed by atoms with Gasteiger partial charge in [-0.25, -0.2) is 4.39 Å². The fourth-order valence-corrected chi connectivity index (χ4v) is 3.77. The minimum Gasteiger partial charge on any atom is -0.497 e. The van der Waals surface area contributed by atoms with Gasteiger partial charge in [0.2, 0.25) is 5.91 Å². The van der Waals surface area contributed by atoms with Gasteiger partial charge in [-0.2, -0.15) is 0 Å². The van der Waals surface area contributed by atoms with E-state index in [1.807, 2.05) is 24.3 Å². The Morgan fingerprint density at radius 3 is 2.29 bits per heavy atom. The smallest absolute Gasteiger partial charge is 0.217 e. The number of likely N-dealkylation sites (tertiary alicyclic amines) is 1. The molecular weight excluding hydrogens is 451 g/mol. The molecule has 0 saturated carbocycles. The van der Waals surface area contributed by atoms with E-state index < -0.39 is 12.5 Å². The standard InChI is InChI=1S/C15H22FNO2.C12H15NO3/c1-12(18)19-15-6-4-13(5-7-15)3-2-9-17-10-8-14(16)11-17;1-16-10-7-5-9(6-8-10)11(14)3-2-4-12(13)15/h4-7,12,14,18H,2-3,8-11H2,1H3;5-8H,2-4H2,1H3,(H2,13,15)/t12?,14-;/m1./s1. The highest BCUT2D eigenvalue weighted by Crippen LogP contribution is 2.16. The van der Waals surface area contributed by atoms with Crippen LogP contribution >= 0.6 is 0 Å². The van der Waals surface area contributed by atoms with Crippen LogP contribution in [0.5, 0.6) is 11.5 Å². The molecule has 192 valence electrons. The lowest BCUT2D eigenvalue weighted by Crippen LogP contribution is -2.22. The van der Waals surface area contributed by atoms with Crippen molar-refractivity contribution in [3.8, 4) is 11.5 Å². The Balaban J connectivity index is 0.000000251. The van der Waals surface area contributed by atoms with E-state index in [0.29, 0.717) is 42.9 Å². The lowest BCUT2D eigenvalue weighted by Gasteiger charge is -2.14. The number of alkyl halides is 1. The normalized spacial score (nSPS) is 16.2. The minimum atomic E-state index is -0.783. The highest BCUT2D eigenvalue weighted by molar-refractivity contribution is 5.96. The maximum atomic E-state index is 13.0. The van der Waals surface area contributed by atoms with Crippen LogP contribution in [0.2, 0.25) is 0 Å². The molecule has 0 bridgehead atoms. The molecule has 1 aliphatic heterocycles. The van der Waals surface area contributed by atoms with Crippen LogP contribution in [-0.4, -0.2) is 60.9 Å². The summed E-state index contributed by atoms with van der Waals surface area (Å²) in [6.45, 7) is 4.04. The first-order chi connectivity index (χ1) is 16.8. The zero-order valence-electron chi connectivity index (χ0n) is 20.6. The van der Waals surface area contributed by atoms with Crippen LogP contribution < -0.4 is 15.2 Å². The Bertz CT molecular complexity index is 903. The number of hydrogen-bond donors (Lipinski definition) is 2. The summed E-state index contributed by atoms with van der Waals surface area (Å²) in [5, 5.41) is 9.10. The molecule has 7 nitrogen and oxygen atoms in total. The molecule has 3 rings (SSSR count). The highest BCUT2D eigenvalue weighted by atomic mass is 19.1. The number of carbonyl (C=O) groups excluding carboxylic acids is 2. The number of benzene rings is 2. The number of primary amides is 1. The van der Waals surface area contributed by atoms with E-state index in [1.54, 1.807) is 38.3 Å². The summed E-state index contributed by atoms with van der Waals surface area (Å²) in [7, 11) is 1.57. The molecule has 0 aromatic heterocycles. The number of carbonyl (C=O) groups is 2. The number of aliphatic hydroxyl groups is 1. The average molecular weight is 489 g/mol. The van der Waals surface area contributed by atoms with Crippen LogP contribution in [0.25, 0.3) is 0 Å². The maximum absolute atomic E-state index is 13.0. The summed E-state index contributed by atoms with van der Waals surface area (Å²) in [6.07, 6.45) is 2.40. The molecule has 2 aromatic rings. The first kappa shape index (κ1) is 28.3. The van der Waals surface area contributed by atoms with Gasteiger partial charge in [-0.05, 0) is 81.1 Å². The van der Waals surface area contributed by atoms with Gasteiger partial charge >= 0.3 is 0 Å². The largest absolute Gasteiger partial charge is 0.497 e. The third-order valence-corrected chi connectivity index (χ3v) is 5.62. The average Bonchev–Trinajstić information content (AvgIpc) is 3.25. The maximum Gasteiger partial charge on any atom is 0.217 e. The van der Waals surface area contributed by atoms with Crippen LogP contribution in [0.1, 0.15) is 54.9 Å². The van der Waals surface area contributed by atoms with Crippen molar-refractivity contribution in [1.29, 1.82) is 0 Å². The van der Waals surface area contributed by atoms with E-state index in [-0.39, 0.29) is 18.1 Å². The summed E-state index contributed by atoms with van der Waals surface area (Å²) in [5.41, 5.74) is 6.86. The van der Waals surface area contributed by atoms with E-state index in [4.69, 9.17) is 20.3 Å². The molecule has 1 unspecified atom stereocenters. The second-order valence-electron chi connectivity index (χ2n) is 8.62. The molecule has 2 aromatic carbocycles. The van der Waals surface area contributed by atoms with E-state index in [2.05, 4.69) is 4.90 Å². The molecule has 1 amide bonds. The number of aliphatic hydroxyl groups excluding tert-OH is 1. The summed E-state index contributed by atoms with van der Waals surface area (Å²) in [6, 6.07) is 14.7. The van der Waals surface area contributed by atoms with E-state index in [9.17, 15) is 14.0 Å². The van der Waals surface area contributed by atoms with Crippen LogP contribution in [-0.2, 0) is 11.2 Å². The number of aryl methyl sites for hydroxylation is 1. The zero-order valence-corrected chi connectivity index (χ0v) is 20.6. The molecular formula is C27H37FN2O5. The molecule has 0 radical (unpaired) electrons. The quantitative estimate of drug-likeness (QED) is 0.347. The third-order valence-electron chi connectivity index (χ3n) is 5.62. The SMILES string of the molecule is CC(O)Oc1ccc(CCCN2CC[C@@H](F)C2)cc1.COc1ccc(C(=O)CCCC(N)=O)cc1. The van der Waals surface area contributed by atoms with Gasteiger partial charge in [-0.15, -0.1) is 0 Å². The second-order valence-corrected chi connectivity index (χ2v) is 8.62. The number of rotatable bonds is 12. The molecule has 0 spiro atoms. The molecule has 0 aliphatic carbocycles. The van der Waals surface area contributed by atoms with Crippen molar-refractivity contribution in [2.45, 2.75) is 57.9 Å². The van der Waals surface area contributed by atoms with E-state index >= 15 is 0 Å². The number of nitrogens with zero attached hydrogens (tertiary/aromatic N) is 1. The van der Waals surface area contributed by atoms with Crippen molar-refractivity contribution in [2.75, 3.05) is 26.7 Å². The Morgan fingerprint density at radius 2 is 1.74 bits per heavy atom. The minimum absolute atomic E-state index is 0.0175. The lowest BCUT2D eigenvalue weighted by atomic mass is 10.1. The summed E-state index contributed by atoms with van der Waals surface area (Å²) < 4.78 is 23.2. The number of Topliss-reactive ketones (excluding diaryl/α,β-unsaturated/α-hetero) is 1. The van der Waals surface area contributed by atoms with Crippen molar-refractivity contribution < 1.29 is 28.6 Å². The van der Waals surface area contributed by atoms with Crippen LogP contribution in [0.15, 0.2) is 48.5 Å². The molecule has 35 heavy (non-hydrogen) atoms. The number of amides is 1. The van der Waals surface area contributed by atoms with Crippen molar-refractivity contribution in [3.63, 3.8) is 0 Å². The molecule has 1 aliphatic rings. The van der Waals surface area contributed by atoms with Crippen LogP contribution in [0, 0.1) is 0 Å². The van der Waals surface area contributed by atoms with Gasteiger partial charge in [-0.1, -0.05) is 12.1 Å². The van der Waals surface area contributed by atoms with Crippen molar-refractivity contribution >= 4 is 11.7 Å². The first-order valence-corrected chi connectivity index (χ1v) is 12.0. The molecule has 1 heterocycles. The summed E-state index contributed by atoms with van der Waals surface area (Å²) >= 11 is 0. The molecule has 1 saturated heterocycles. The van der Waals surface area contributed by atoms with Gasteiger partial charge in [-0.3, -0.25) is 9.59 Å². The number of ether oxygens (including phenoxy) is 2. The number of nitrogens with two attached hydrogens (primary N) is 1. The molecule has 8 heteroatoms. The number of halogens is 1. The summed E-state index contributed by atoms with van der Waals surface area (Å²) in [5.74, 6) is 1.04. The number of hydrogen-bond acceptors (Lipinski definition) is 6. The van der Waals surface area contributed by atoms with Gasteiger partial charge in [0.25, 0.3) is 0 Å². The lowest BCUT2D eigenvalue weighted by molar-refractivity contribution is -0.118. The Morgan fingerprint density at radius 1 is 1.09 bits per heavy atom. The van der Waals surface area contributed by atoms with Crippen LogP contribution in [0.4, 0.5) is 4.39 Å². The monoisotopic (exact) mass is 488 g/mol. The molecule has 1 fully saturated rings. The Labute approximate surface area is 207 Å². The van der Waals surface area contributed by atoms with Gasteiger partial charge in [0.05, 0.1) is 7.11 Å². The fraction of sp³-hybridized carbons (Fsp3) is 0.481. The number of methoxy groups -OCH3 is 1. The van der Waals surface area contributed by atoms with Crippen molar-refractivity contribution in [1.82, 2.24) is 4.90 Å². The summed E-state index contributed by atoms with van der Waals surface area (Å²) in [4.78, 5) is 24.3. The van der Waals surface area contributed by atoms with Crippen molar-refractivity contribution in [3.05, 3.63) is 59.7 Å². The predicted molar refractivity (Wildman–Crippen MR) is 133 cm³/mol. The zero-order chi connectivity index (χ0) is 25.6. The van der Waals surface area contributed by atoms with Crippen LogP contribution in [0.3, 0.4) is 0 Å². The van der Waals surface area contributed by atoms with Gasteiger partial charge in [0.1, 0.15) is 17.7 Å². The Hall–Kier alpha value is -2.97. The van der Waals surface area contributed by atoms with E-state index in [1.165, 1.54) is 5.56 Å². The van der Waals surface area contributed by atoms with Crippen molar-refractivity contribution in [2.24, 2.45) is 5.73 Å². The molecule has 3 N–H and O–H groups in total. The topological polar surface area (TPSA) is 102 Å². The van der Waals surface area contributed by atoms with Gasteiger partial charge in [0.15, 0.2) is 12.1 Å². The number of ketones is 1.